The van der Waals surface area contributed by atoms with Crippen LogP contribution in [0.25, 0.3) is 27.7 Å². The molecule has 0 radical (unpaired) electrons. The van der Waals surface area contributed by atoms with Gasteiger partial charge >= 0.3 is 0 Å². The highest BCUT2D eigenvalue weighted by molar-refractivity contribution is 6.05. The molecule has 5 N–H and O–H groups in total. The minimum absolute atomic E-state index is 0.0743. The van der Waals surface area contributed by atoms with E-state index >= 15 is 0 Å². The number of imidazole rings is 1. The summed E-state index contributed by atoms with van der Waals surface area (Å²) in [6.45, 7) is 11.1. The molecule has 0 aliphatic carbocycles. The number of rotatable bonds is 9. The highest BCUT2D eigenvalue weighted by Crippen LogP contribution is 2.31. The largest absolute Gasteiger partial charge is 0.339 e. The first kappa shape index (κ1) is 25.5. The van der Waals surface area contributed by atoms with Gasteiger partial charge in [-0.2, -0.15) is 0 Å². The third-order valence-corrected chi connectivity index (χ3v) is 6.11. The van der Waals surface area contributed by atoms with Crippen LogP contribution in [0.1, 0.15) is 48.9 Å². The molecule has 0 aliphatic heterocycles. The van der Waals surface area contributed by atoms with Gasteiger partial charge in [0.25, 0.3) is 5.91 Å². The second-order valence-electron chi connectivity index (χ2n) is 8.37. The lowest BCUT2D eigenvalue weighted by atomic mass is 10.0. The van der Waals surface area contributed by atoms with Crippen LogP contribution in [0.15, 0.2) is 55.5 Å². The smallest absolute Gasteiger partial charge is 0.256 e. The van der Waals surface area contributed by atoms with Crippen molar-refractivity contribution in [2.45, 2.75) is 27.2 Å². The van der Waals surface area contributed by atoms with Crippen molar-refractivity contribution in [1.29, 1.82) is 0 Å². The number of anilines is 2. The second-order valence-corrected chi connectivity index (χ2v) is 8.37. The average Bonchev–Trinajstić information content (AvgIpc) is 3.37. The molecule has 10 heteroatoms. The number of nitrogens with one attached hydrogen (secondary N) is 3. The van der Waals surface area contributed by atoms with Crippen LogP contribution in [0.5, 0.6) is 0 Å². The van der Waals surface area contributed by atoms with Crippen LogP contribution in [-0.2, 0) is 4.79 Å². The number of hydrazine groups is 1. The lowest BCUT2D eigenvalue weighted by Gasteiger charge is -2.18. The SMILES string of the molecule is C=C(c1nc2c(C(=O)N(CC)CC)cccc2[nH]1)c1cc(-c2cncc(NC(=O)CC)c2)cnc1NN. The Labute approximate surface area is 215 Å². The monoisotopic (exact) mass is 498 g/mol. The van der Waals surface area contributed by atoms with E-state index in [0.29, 0.717) is 59.1 Å². The van der Waals surface area contributed by atoms with E-state index in [9.17, 15) is 9.59 Å². The number of amides is 2. The number of nitrogen functional groups attached to an aromatic ring is 1. The molecule has 2 amide bonds. The maximum absolute atomic E-state index is 13.1. The van der Waals surface area contributed by atoms with Gasteiger partial charge in [-0.1, -0.05) is 19.6 Å². The van der Waals surface area contributed by atoms with Crippen molar-refractivity contribution < 1.29 is 9.59 Å². The molecule has 190 valence electrons. The minimum atomic E-state index is -0.0995. The van der Waals surface area contributed by atoms with E-state index in [1.807, 2.05) is 38.1 Å². The van der Waals surface area contributed by atoms with E-state index in [4.69, 9.17) is 10.8 Å². The molecule has 37 heavy (non-hydrogen) atoms. The molecule has 0 spiro atoms. The number of H-pyrrole nitrogens is 1. The van der Waals surface area contributed by atoms with Crippen molar-refractivity contribution in [2.24, 2.45) is 5.84 Å². The summed E-state index contributed by atoms with van der Waals surface area (Å²) in [6.07, 6.45) is 5.30. The van der Waals surface area contributed by atoms with Gasteiger partial charge in [-0.3, -0.25) is 14.6 Å². The number of carbonyl (C=O) groups excluding carboxylic acids is 2. The molecular formula is C27H30N8O2. The molecule has 4 rings (SSSR count). The number of benzene rings is 1. The molecule has 0 unspecified atom stereocenters. The lowest BCUT2D eigenvalue weighted by Crippen LogP contribution is -2.30. The molecule has 0 bridgehead atoms. The number of para-hydroxylation sites is 1. The Morgan fingerprint density at radius 3 is 2.51 bits per heavy atom. The molecule has 1 aromatic carbocycles. The number of carbonyl (C=O) groups is 2. The first-order chi connectivity index (χ1) is 17.9. The summed E-state index contributed by atoms with van der Waals surface area (Å²) in [5.74, 6) is 6.49. The third kappa shape index (κ3) is 5.19. The van der Waals surface area contributed by atoms with Gasteiger partial charge in [0, 0.05) is 54.2 Å². The van der Waals surface area contributed by atoms with Gasteiger partial charge in [-0.15, -0.1) is 0 Å². The zero-order valence-corrected chi connectivity index (χ0v) is 21.1. The van der Waals surface area contributed by atoms with Gasteiger partial charge < -0.3 is 20.6 Å². The Bertz CT molecular complexity index is 1470. The fourth-order valence-electron chi connectivity index (χ4n) is 4.04. The molecule has 0 saturated carbocycles. The van der Waals surface area contributed by atoms with E-state index in [-0.39, 0.29) is 11.8 Å². The quantitative estimate of drug-likeness (QED) is 0.200. The van der Waals surface area contributed by atoms with Crippen molar-refractivity contribution in [1.82, 2.24) is 24.8 Å². The van der Waals surface area contributed by atoms with Gasteiger partial charge in [0.1, 0.15) is 17.2 Å². The molecule has 0 aliphatic rings. The summed E-state index contributed by atoms with van der Waals surface area (Å²) in [4.78, 5) is 43.3. The summed E-state index contributed by atoms with van der Waals surface area (Å²) in [6, 6.07) is 9.18. The van der Waals surface area contributed by atoms with Crippen LogP contribution < -0.4 is 16.6 Å². The molecule has 3 heterocycles. The predicted octanol–water partition coefficient (Wildman–Crippen LogP) is 4.20. The Balaban J connectivity index is 1.73. The number of nitrogens with zero attached hydrogens (tertiary/aromatic N) is 4. The summed E-state index contributed by atoms with van der Waals surface area (Å²) in [7, 11) is 0. The predicted molar refractivity (Wildman–Crippen MR) is 146 cm³/mol. The zero-order valence-electron chi connectivity index (χ0n) is 21.1. The van der Waals surface area contributed by atoms with Gasteiger partial charge in [0.2, 0.25) is 5.91 Å². The van der Waals surface area contributed by atoms with Crippen molar-refractivity contribution >= 4 is 39.9 Å². The normalized spacial score (nSPS) is 10.8. The van der Waals surface area contributed by atoms with Gasteiger partial charge in [-0.05, 0) is 38.1 Å². The topological polar surface area (TPSA) is 142 Å². The Hall–Kier alpha value is -4.57. The van der Waals surface area contributed by atoms with E-state index in [1.54, 1.807) is 36.5 Å². The number of aromatic nitrogens is 4. The Morgan fingerprint density at radius 1 is 1.05 bits per heavy atom. The zero-order chi connectivity index (χ0) is 26.5. The highest BCUT2D eigenvalue weighted by atomic mass is 16.2. The molecular weight excluding hydrogens is 468 g/mol. The fourth-order valence-corrected chi connectivity index (χ4v) is 4.04. The number of hydrogen-bond donors (Lipinski definition) is 4. The molecule has 0 fully saturated rings. The maximum Gasteiger partial charge on any atom is 0.256 e. The molecule has 3 aromatic heterocycles. The van der Waals surface area contributed by atoms with Crippen LogP contribution in [-0.4, -0.2) is 49.7 Å². The number of nitrogens with two attached hydrogens (primary N) is 1. The van der Waals surface area contributed by atoms with Crippen molar-refractivity contribution in [2.75, 3.05) is 23.8 Å². The maximum atomic E-state index is 13.1. The summed E-state index contributed by atoms with van der Waals surface area (Å²) >= 11 is 0. The first-order valence-electron chi connectivity index (χ1n) is 12.1. The summed E-state index contributed by atoms with van der Waals surface area (Å²) < 4.78 is 0. The van der Waals surface area contributed by atoms with Gasteiger partial charge in [0.05, 0.1) is 23.0 Å². The highest BCUT2D eigenvalue weighted by Gasteiger charge is 2.20. The van der Waals surface area contributed by atoms with Crippen LogP contribution in [0.4, 0.5) is 11.5 Å². The molecule has 4 aromatic rings. The Kier molecular flexibility index (Phi) is 7.59. The Morgan fingerprint density at radius 2 is 1.81 bits per heavy atom. The first-order valence-corrected chi connectivity index (χ1v) is 12.1. The average molecular weight is 499 g/mol. The van der Waals surface area contributed by atoms with Gasteiger partial charge in [-0.25, -0.2) is 15.8 Å². The standard InChI is InChI=1S/C27H30N8O2/c1-5-23(36)31-19-11-17(13-29-15-19)18-12-21(26(34-28)30-14-18)16(4)25-32-22-10-8-9-20(24(22)33-25)27(37)35(6-2)7-3/h8-15H,4-7,28H2,1-3H3,(H,30,34)(H,31,36)(H,32,33). The number of aromatic amines is 1. The molecule has 10 nitrogen and oxygen atoms in total. The molecule has 0 atom stereocenters. The minimum Gasteiger partial charge on any atom is -0.339 e. The number of fused-ring (bicyclic) bond motifs is 1. The lowest BCUT2D eigenvalue weighted by molar-refractivity contribution is -0.115. The number of hydrogen-bond acceptors (Lipinski definition) is 7. The van der Waals surface area contributed by atoms with E-state index < -0.39 is 0 Å². The van der Waals surface area contributed by atoms with Gasteiger partial charge in [0.15, 0.2) is 0 Å². The third-order valence-electron chi connectivity index (χ3n) is 6.11. The fraction of sp³-hybridized carbons (Fsp3) is 0.222. The second kappa shape index (κ2) is 11.0. The van der Waals surface area contributed by atoms with Crippen molar-refractivity contribution in [3.63, 3.8) is 0 Å². The van der Waals surface area contributed by atoms with Crippen molar-refractivity contribution in [3.05, 3.63) is 72.5 Å². The van der Waals surface area contributed by atoms with Crippen LogP contribution in [0.2, 0.25) is 0 Å². The summed E-state index contributed by atoms with van der Waals surface area (Å²) in [5, 5.41) is 2.82. The van der Waals surface area contributed by atoms with E-state index in [1.165, 1.54) is 0 Å². The van der Waals surface area contributed by atoms with E-state index in [0.717, 1.165) is 16.6 Å². The van der Waals surface area contributed by atoms with Crippen molar-refractivity contribution in [3.8, 4) is 11.1 Å². The molecule has 0 saturated heterocycles. The van der Waals surface area contributed by atoms with E-state index in [2.05, 4.69) is 32.3 Å². The van der Waals surface area contributed by atoms with Crippen LogP contribution in [0.3, 0.4) is 0 Å². The van der Waals surface area contributed by atoms with Crippen LogP contribution in [0, 0.1) is 0 Å². The summed E-state index contributed by atoms with van der Waals surface area (Å²) in [5.41, 5.74) is 7.72. The number of pyridine rings is 2. The van der Waals surface area contributed by atoms with Crippen LogP contribution >= 0.6 is 0 Å².